The van der Waals surface area contributed by atoms with Gasteiger partial charge in [0.1, 0.15) is 10.7 Å². The van der Waals surface area contributed by atoms with Crippen LogP contribution in [0.2, 0.25) is 0 Å². The third kappa shape index (κ3) is 2.92. The van der Waals surface area contributed by atoms with Gasteiger partial charge in [-0.2, -0.15) is 5.10 Å². The number of aryl methyl sites for hydroxylation is 1. The highest BCUT2D eigenvalue weighted by Gasteiger charge is 2.15. The summed E-state index contributed by atoms with van der Waals surface area (Å²) in [5.41, 5.74) is 8.75. The quantitative estimate of drug-likeness (QED) is 0.838. The number of nitrogens with two attached hydrogens (primary N) is 1. The third-order valence-corrected chi connectivity index (χ3v) is 3.19. The van der Waals surface area contributed by atoms with Crippen molar-refractivity contribution in [3.8, 4) is 11.6 Å². The van der Waals surface area contributed by atoms with Crippen LogP contribution in [0.3, 0.4) is 0 Å². The summed E-state index contributed by atoms with van der Waals surface area (Å²) in [7, 11) is 0. The van der Waals surface area contributed by atoms with E-state index in [1.54, 1.807) is 24.3 Å². The minimum absolute atomic E-state index is 0.0120. The van der Waals surface area contributed by atoms with Gasteiger partial charge in [0, 0.05) is 0 Å². The third-order valence-electron chi connectivity index (χ3n) is 2.99. The molecule has 0 aliphatic heterocycles. The zero-order chi connectivity index (χ0) is 14.7. The Hall–Kier alpha value is -2.05. The molecule has 104 valence electrons. The molecule has 0 unspecified atom stereocenters. The lowest BCUT2D eigenvalue weighted by atomic mass is 10.1. The summed E-state index contributed by atoms with van der Waals surface area (Å²) in [5.74, 6) is 0.870. The fourth-order valence-electron chi connectivity index (χ4n) is 1.72. The molecule has 1 heterocycles. The van der Waals surface area contributed by atoms with Crippen molar-refractivity contribution in [1.29, 1.82) is 0 Å². The number of nitrogens with zero attached hydrogens (tertiary/aromatic N) is 2. The van der Waals surface area contributed by atoms with Crippen LogP contribution >= 0.6 is 12.2 Å². The van der Waals surface area contributed by atoms with Gasteiger partial charge in [0.05, 0.1) is 17.9 Å². The summed E-state index contributed by atoms with van der Waals surface area (Å²) in [4.78, 5) is 0.225. The Labute approximate surface area is 122 Å². The Morgan fingerprint density at radius 1 is 1.25 bits per heavy atom. The number of aliphatic hydroxyl groups is 1. The molecule has 5 nitrogen and oxygen atoms in total. The van der Waals surface area contributed by atoms with Gasteiger partial charge in [0.25, 0.3) is 0 Å². The van der Waals surface area contributed by atoms with Gasteiger partial charge in [-0.05, 0) is 37.1 Å². The van der Waals surface area contributed by atoms with Crippen molar-refractivity contribution in [2.75, 3.05) is 0 Å². The Morgan fingerprint density at radius 2 is 1.90 bits per heavy atom. The molecule has 1 aromatic carbocycles. The Balaban J connectivity index is 2.37. The van der Waals surface area contributed by atoms with Crippen LogP contribution in [0.4, 0.5) is 0 Å². The fourth-order valence-corrected chi connectivity index (χ4v) is 1.96. The molecule has 0 amide bonds. The van der Waals surface area contributed by atoms with Crippen LogP contribution in [0.25, 0.3) is 0 Å². The van der Waals surface area contributed by atoms with E-state index < -0.39 is 0 Å². The summed E-state index contributed by atoms with van der Waals surface area (Å²) in [6.45, 7) is 3.70. The van der Waals surface area contributed by atoms with Gasteiger partial charge < -0.3 is 15.6 Å². The van der Waals surface area contributed by atoms with Crippen LogP contribution in [0, 0.1) is 13.8 Å². The van der Waals surface area contributed by atoms with Gasteiger partial charge in [-0.1, -0.05) is 24.4 Å². The van der Waals surface area contributed by atoms with E-state index in [4.69, 9.17) is 27.8 Å². The molecule has 0 spiro atoms. The van der Waals surface area contributed by atoms with Crippen LogP contribution in [0.15, 0.2) is 24.3 Å². The average Bonchev–Trinajstić information content (AvgIpc) is 2.43. The molecule has 0 fully saturated rings. The number of ether oxygens (including phenoxy) is 1. The molecule has 0 saturated carbocycles. The summed E-state index contributed by atoms with van der Waals surface area (Å²) in [6, 6.07) is 7.02. The Bertz CT molecular complexity index is 642. The van der Waals surface area contributed by atoms with E-state index in [1.807, 2.05) is 13.8 Å². The van der Waals surface area contributed by atoms with Gasteiger partial charge in [0.15, 0.2) is 0 Å². The maximum Gasteiger partial charge on any atom is 0.249 e. The lowest BCUT2D eigenvalue weighted by Crippen LogP contribution is -2.15. The largest absolute Gasteiger partial charge is 0.437 e. The van der Waals surface area contributed by atoms with Gasteiger partial charge >= 0.3 is 0 Å². The molecule has 3 N–H and O–H groups in total. The van der Waals surface area contributed by atoms with E-state index in [1.165, 1.54) is 0 Å². The zero-order valence-electron chi connectivity index (χ0n) is 11.3. The van der Waals surface area contributed by atoms with E-state index in [9.17, 15) is 0 Å². The fraction of sp³-hybridized carbons (Fsp3) is 0.214. The van der Waals surface area contributed by atoms with Crippen LogP contribution in [0.1, 0.15) is 22.4 Å². The van der Waals surface area contributed by atoms with Gasteiger partial charge in [-0.25, -0.2) is 0 Å². The highest BCUT2D eigenvalue weighted by atomic mass is 32.1. The summed E-state index contributed by atoms with van der Waals surface area (Å²) in [6.07, 6.45) is 0. The molecule has 0 bridgehead atoms. The topological polar surface area (TPSA) is 81.3 Å². The molecule has 0 aliphatic carbocycles. The second kappa shape index (κ2) is 5.94. The van der Waals surface area contributed by atoms with E-state index >= 15 is 0 Å². The predicted octanol–water partition coefficient (Wildman–Crippen LogP) is 2.01. The molecule has 20 heavy (non-hydrogen) atoms. The molecule has 6 heteroatoms. The molecule has 0 atom stereocenters. The van der Waals surface area contributed by atoms with Gasteiger partial charge in [-0.3, -0.25) is 0 Å². The molecule has 0 saturated heterocycles. The number of thiocarbonyl (C=S) groups is 1. The van der Waals surface area contributed by atoms with Crippen LogP contribution in [0.5, 0.6) is 11.6 Å². The minimum Gasteiger partial charge on any atom is -0.437 e. The van der Waals surface area contributed by atoms with Crippen molar-refractivity contribution >= 4 is 17.2 Å². The molecular weight excluding hydrogens is 274 g/mol. The summed E-state index contributed by atoms with van der Waals surface area (Å²) < 4.78 is 5.68. The first-order valence-electron chi connectivity index (χ1n) is 6.04. The SMILES string of the molecule is Cc1nnc(Oc2ccc(CO)cc2)c(C(N)=S)c1C. The molecule has 0 radical (unpaired) electrons. The first-order valence-corrected chi connectivity index (χ1v) is 6.45. The highest BCUT2D eigenvalue weighted by Crippen LogP contribution is 2.26. The Morgan fingerprint density at radius 3 is 2.45 bits per heavy atom. The van der Waals surface area contributed by atoms with Crippen molar-refractivity contribution < 1.29 is 9.84 Å². The number of benzene rings is 1. The second-order valence-electron chi connectivity index (χ2n) is 4.36. The van der Waals surface area contributed by atoms with Gasteiger partial charge in [0.2, 0.25) is 5.88 Å². The van der Waals surface area contributed by atoms with Crippen LogP contribution < -0.4 is 10.5 Å². The standard InChI is InChI=1S/C14H15N3O2S/c1-8-9(2)16-17-14(12(8)13(15)20)19-11-5-3-10(7-18)4-6-11/h3-6,18H,7H2,1-2H3,(H2,15,20). The van der Waals surface area contributed by atoms with Crippen molar-refractivity contribution in [1.82, 2.24) is 10.2 Å². The van der Waals surface area contributed by atoms with Crippen LogP contribution in [-0.2, 0) is 6.61 Å². The zero-order valence-corrected chi connectivity index (χ0v) is 12.1. The molecular formula is C14H15N3O2S. The maximum atomic E-state index is 9.01. The minimum atomic E-state index is -0.0120. The molecule has 1 aromatic heterocycles. The van der Waals surface area contributed by atoms with Crippen molar-refractivity contribution in [2.24, 2.45) is 5.73 Å². The van der Waals surface area contributed by atoms with Crippen molar-refractivity contribution in [2.45, 2.75) is 20.5 Å². The molecule has 2 aromatic rings. The van der Waals surface area contributed by atoms with E-state index in [2.05, 4.69) is 10.2 Å². The number of aromatic nitrogens is 2. The summed E-state index contributed by atoms with van der Waals surface area (Å²) >= 11 is 5.05. The number of aliphatic hydroxyl groups excluding tert-OH is 1. The monoisotopic (exact) mass is 289 g/mol. The molecule has 2 rings (SSSR count). The van der Waals surface area contributed by atoms with Gasteiger partial charge in [-0.15, -0.1) is 5.10 Å². The number of rotatable bonds is 4. The Kier molecular flexibility index (Phi) is 4.26. The van der Waals surface area contributed by atoms with Crippen LogP contribution in [-0.4, -0.2) is 20.3 Å². The van der Waals surface area contributed by atoms with Crippen molar-refractivity contribution in [3.05, 3.63) is 46.6 Å². The van der Waals surface area contributed by atoms with E-state index in [-0.39, 0.29) is 17.5 Å². The van der Waals surface area contributed by atoms with E-state index in [0.717, 1.165) is 16.8 Å². The normalized spacial score (nSPS) is 10.3. The lowest BCUT2D eigenvalue weighted by Gasteiger charge is -2.12. The predicted molar refractivity (Wildman–Crippen MR) is 79.8 cm³/mol. The lowest BCUT2D eigenvalue weighted by molar-refractivity contribution is 0.281. The second-order valence-corrected chi connectivity index (χ2v) is 4.80. The average molecular weight is 289 g/mol. The summed E-state index contributed by atoms with van der Waals surface area (Å²) in [5, 5.41) is 17.0. The van der Waals surface area contributed by atoms with Crippen molar-refractivity contribution in [3.63, 3.8) is 0 Å². The first-order chi connectivity index (χ1) is 9.52. The number of hydrogen-bond acceptors (Lipinski definition) is 5. The smallest absolute Gasteiger partial charge is 0.249 e. The number of hydrogen-bond donors (Lipinski definition) is 2. The maximum absolute atomic E-state index is 9.01. The van der Waals surface area contributed by atoms with E-state index in [0.29, 0.717) is 11.3 Å². The highest BCUT2D eigenvalue weighted by molar-refractivity contribution is 7.80. The molecule has 0 aliphatic rings. The first kappa shape index (κ1) is 14.4.